The number of anilines is 1. The molecular formula is C18H15FN2O2. The standard InChI is InChI=1S/C18H15FN2O2/c19-13-5-6-17-16(10-13)21(7-8-23-17)18(22)9-12-11-20-15-4-2-1-3-14(12)15/h1-6,10-11,20H,7-9H2. The lowest BCUT2D eigenvalue weighted by molar-refractivity contribution is -0.118. The fourth-order valence-electron chi connectivity index (χ4n) is 2.99. The van der Waals surface area contributed by atoms with Crippen molar-refractivity contribution in [1.82, 2.24) is 4.98 Å². The number of amides is 1. The molecule has 1 aliphatic heterocycles. The molecule has 1 amide bonds. The molecule has 1 N–H and O–H groups in total. The zero-order valence-corrected chi connectivity index (χ0v) is 12.4. The summed E-state index contributed by atoms with van der Waals surface area (Å²) in [4.78, 5) is 17.5. The smallest absolute Gasteiger partial charge is 0.231 e. The van der Waals surface area contributed by atoms with Crippen molar-refractivity contribution in [2.45, 2.75) is 6.42 Å². The summed E-state index contributed by atoms with van der Waals surface area (Å²) in [7, 11) is 0. The first-order valence-corrected chi connectivity index (χ1v) is 7.50. The first-order chi connectivity index (χ1) is 11.2. The van der Waals surface area contributed by atoms with Crippen LogP contribution in [-0.4, -0.2) is 24.0 Å². The van der Waals surface area contributed by atoms with E-state index in [1.54, 1.807) is 11.0 Å². The van der Waals surface area contributed by atoms with E-state index in [9.17, 15) is 9.18 Å². The monoisotopic (exact) mass is 310 g/mol. The van der Waals surface area contributed by atoms with E-state index < -0.39 is 0 Å². The zero-order chi connectivity index (χ0) is 15.8. The molecule has 1 aromatic heterocycles. The summed E-state index contributed by atoms with van der Waals surface area (Å²) < 4.78 is 19.0. The number of hydrogen-bond donors (Lipinski definition) is 1. The fourth-order valence-corrected chi connectivity index (χ4v) is 2.99. The predicted molar refractivity (Wildman–Crippen MR) is 86.3 cm³/mol. The SMILES string of the molecule is O=C(Cc1c[nH]c2ccccc12)N1CCOc2ccc(F)cc21. The molecular weight excluding hydrogens is 295 g/mol. The van der Waals surface area contributed by atoms with Crippen LogP contribution < -0.4 is 9.64 Å². The van der Waals surface area contributed by atoms with Gasteiger partial charge in [0.2, 0.25) is 5.91 Å². The van der Waals surface area contributed by atoms with Gasteiger partial charge in [0, 0.05) is 23.2 Å². The molecule has 0 fully saturated rings. The van der Waals surface area contributed by atoms with Gasteiger partial charge in [-0.2, -0.15) is 0 Å². The number of para-hydroxylation sites is 1. The highest BCUT2D eigenvalue weighted by molar-refractivity contribution is 5.99. The second-order valence-electron chi connectivity index (χ2n) is 5.54. The Kier molecular flexibility index (Phi) is 3.26. The van der Waals surface area contributed by atoms with E-state index in [4.69, 9.17) is 4.74 Å². The van der Waals surface area contributed by atoms with E-state index >= 15 is 0 Å². The molecule has 4 rings (SSSR count). The minimum atomic E-state index is -0.376. The number of fused-ring (bicyclic) bond motifs is 2. The van der Waals surface area contributed by atoms with Gasteiger partial charge < -0.3 is 14.6 Å². The van der Waals surface area contributed by atoms with Crippen molar-refractivity contribution in [3.63, 3.8) is 0 Å². The van der Waals surface area contributed by atoms with Crippen molar-refractivity contribution in [3.8, 4) is 5.75 Å². The molecule has 0 atom stereocenters. The van der Waals surface area contributed by atoms with Crippen molar-refractivity contribution in [3.05, 3.63) is 60.0 Å². The van der Waals surface area contributed by atoms with E-state index in [2.05, 4.69) is 4.98 Å². The number of ether oxygens (including phenoxy) is 1. The second kappa shape index (κ2) is 5.43. The van der Waals surface area contributed by atoms with Crippen LogP contribution in [0.25, 0.3) is 10.9 Å². The van der Waals surface area contributed by atoms with Crippen LogP contribution in [0.4, 0.5) is 10.1 Å². The molecule has 0 saturated carbocycles. The lowest BCUT2D eigenvalue weighted by Crippen LogP contribution is -2.38. The molecule has 2 aromatic carbocycles. The molecule has 116 valence electrons. The van der Waals surface area contributed by atoms with Gasteiger partial charge in [-0.3, -0.25) is 4.79 Å². The van der Waals surface area contributed by atoms with Crippen LogP contribution >= 0.6 is 0 Å². The number of nitrogens with one attached hydrogen (secondary N) is 1. The number of carbonyl (C=O) groups excluding carboxylic acids is 1. The first kappa shape index (κ1) is 13.8. The van der Waals surface area contributed by atoms with Gasteiger partial charge in [-0.05, 0) is 23.8 Å². The lowest BCUT2D eigenvalue weighted by atomic mass is 10.1. The van der Waals surface area contributed by atoms with Crippen LogP contribution in [0.3, 0.4) is 0 Å². The minimum absolute atomic E-state index is 0.0649. The van der Waals surface area contributed by atoms with E-state index in [1.165, 1.54) is 12.1 Å². The van der Waals surface area contributed by atoms with Crippen LogP contribution in [0.1, 0.15) is 5.56 Å². The van der Waals surface area contributed by atoms with Crippen LogP contribution in [0.15, 0.2) is 48.7 Å². The highest BCUT2D eigenvalue weighted by Gasteiger charge is 2.24. The van der Waals surface area contributed by atoms with Crippen LogP contribution in [-0.2, 0) is 11.2 Å². The fraction of sp³-hybridized carbons (Fsp3) is 0.167. The summed E-state index contributed by atoms with van der Waals surface area (Å²) in [5.41, 5.74) is 2.44. The number of aromatic amines is 1. The number of rotatable bonds is 2. The maximum absolute atomic E-state index is 13.5. The maximum atomic E-state index is 13.5. The first-order valence-electron chi connectivity index (χ1n) is 7.50. The molecule has 1 aliphatic rings. The van der Waals surface area contributed by atoms with E-state index in [0.29, 0.717) is 24.6 Å². The van der Waals surface area contributed by atoms with Crippen molar-refractivity contribution in [2.75, 3.05) is 18.1 Å². The van der Waals surface area contributed by atoms with Gasteiger partial charge in [0.1, 0.15) is 18.2 Å². The van der Waals surface area contributed by atoms with E-state index in [1.807, 2.05) is 30.5 Å². The molecule has 4 nitrogen and oxygen atoms in total. The van der Waals surface area contributed by atoms with E-state index in [-0.39, 0.29) is 18.1 Å². The van der Waals surface area contributed by atoms with Crippen molar-refractivity contribution in [2.24, 2.45) is 0 Å². The molecule has 0 saturated heterocycles. The third-order valence-corrected chi connectivity index (χ3v) is 4.10. The maximum Gasteiger partial charge on any atom is 0.231 e. The average molecular weight is 310 g/mol. The zero-order valence-electron chi connectivity index (χ0n) is 12.4. The summed E-state index contributed by atoms with van der Waals surface area (Å²) in [6.07, 6.45) is 2.12. The Bertz CT molecular complexity index is 888. The summed E-state index contributed by atoms with van der Waals surface area (Å²) in [5.74, 6) is 0.106. The largest absolute Gasteiger partial charge is 0.490 e. The molecule has 2 heterocycles. The molecule has 0 unspecified atom stereocenters. The molecule has 23 heavy (non-hydrogen) atoms. The topological polar surface area (TPSA) is 45.3 Å². The van der Waals surface area contributed by atoms with Crippen molar-refractivity contribution in [1.29, 1.82) is 0 Å². The van der Waals surface area contributed by atoms with Crippen molar-refractivity contribution < 1.29 is 13.9 Å². The number of hydrogen-bond acceptors (Lipinski definition) is 2. The molecule has 3 aromatic rings. The predicted octanol–water partition coefficient (Wildman–Crippen LogP) is 3.28. The molecule has 0 aliphatic carbocycles. The number of halogens is 1. The summed E-state index contributed by atoms with van der Waals surface area (Å²) >= 11 is 0. The Morgan fingerprint density at radius 1 is 1.26 bits per heavy atom. The summed E-state index contributed by atoms with van der Waals surface area (Å²) in [5, 5.41) is 1.04. The average Bonchev–Trinajstić information content (AvgIpc) is 2.97. The Morgan fingerprint density at radius 2 is 2.13 bits per heavy atom. The van der Waals surface area contributed by atoms with Gasteiger partial charge in [0.25, 0.3) is 0 Å². The normalized spacial score (nSPS) is 13.7. The number of aromatic nitrogens is 1. The molecule has 0 radical (unpaired) electrons. The third kappa shape index (κ3) is 2.44. The highest BCUT2D eigenvalue weighted by Crippen LogP contribution is 2.32. The Morgan fingerprint density at radius 3 is 3.04 bits per heavy atom. The van der Waals surface area contributed by atoms with Gasteiger partial charge in [0.05, 0.1) is 18.7 Å². The Hall–Kier alpha value is -2.82. The van der Waals surface area contributed by atoms with Gasteiger partial charge in [0.15, 0.2) is 0 Å². The van der Waals surface area contributed by atoms with Gasteiger partial charge >= 0.3 is 0 Å². The minimum Gasteiger partial charge on any atom is -0.490 e. The van der Waals surface area contributed by atoms with Gasteiger partial charge in [-0.1, -0.05) is 18.2 Å². The van der Waals surface area contributed by atoms with Gasteiger partial charge in [-0.25, -0.2) is 4.39 Å². The molecule has 0 spiro atoms. The van der Waals surface area contributed by atoms with Crippen molar-refractivity contribution >= 4 is 22.5 Å². The Balaban J connectivity index is 1.64. The van der Waals surface area contributed by atoms with Crippen LogP contribution in [0.2, 0.25) is 0 Å². The summed E-state index contributed by atoms with van der Waals surface area (Å²) in [6.45, 7) is 0.843. The van der Waals surface area contributed by atoms with E-state index in [0.717, 1.165) is 16.5 Å². The summed E-state index contributed by atoms with van der Waals surface area (Å²) in [6, 6.07) is 12.1. The molecule has 5 heteroatoms. The lowest BCUT2D eigenvalue weighted by Gasteiger charge is -2.29. The number of benzene rings is 2. The van der Waals surface area contributed by atoms with Gasteiger partial charge in [-0.15, -0.1) is 0 Å². The Labute approximate surface area is 132 Å². The second-order valence-corrected chi connectivity index (χ2v) is 5.54. The number of carbonyl (C=O) groups is 1. The highest BCUT2D eigenvalue weighted by atomic mass is 19.1. The number of H-pyrrole nitrogens is 1. The van der Waals surface area contributed by atoms with Crippen LogP contribution in [0, 0.1) is 5.82 Å². The number of nitrogens with zero attached hydrogens (tertiary/aromatic N) is 1. The van der Waals surface area contributed by atoms with Crippen LogP contribution in [0.5, 0.6) is 5.75 Å². The third-order valence-electron chi connectivity index (χ3n) is 4.10. The molecule has 0 bridgehead atoms. The quantitative estimate of drug-likeness (QED) is 0.789.